The van der Waals surface area contributed by atoms with E-state index in [9.17, 15) is 4.79 Å². The van der Waals surface area contributed by atoms with Gasteiger partial charge in [-0.05, 0) is 57.5 Å². The second-order valence-electron chi connectivity index (χ2n) is 6.84. The highest BCUT2D eigenvalue weighted by Crippen LogP contribution is 2.27. The molecular weight excluding hydrogens is 250 g/mol. The molecule has 4 heteroatoms. The maximum absolute atomic E-state index is 12.0. The van der Waals surface area contributed by atoms with Crippen molar-refractivity contribution in [2.24, 2.45) is 5.92 Å². The minimum absolute atomic E-state index is 0.0736. The van der Waals surface area contributed by atoms with Crippen molar-refractivity contribution < 1.29 is 4.79 Å². The van der Waals surface area contributed by atoms with Crippen LogP contribution >= 0.6 is 0 Å². The van der Waals surface area contributed by atoms with E-state index in [4.69, 9.17) is 0 Å². The lowest BCUT2D eigenvalue weighted by molar-refractivity contribution is -0.123. The van der Waals surface area contributed by atoms with E-state index in [-0.39, 0.29) is 11.9 Å². The summed E-state index contributed by atoms with van der Waals surface area (Å²) in [5.41, 5.74) is 0. The zero-order chi connectivity index (χ0) is 13.8. The lowest BCUT2D eigenvalue weighted by atomic mass is 9.96. The number of amides is 1. The van der Waals surface area contributed by atoms with Gasteiger partial charge >= 0.3 is 0 Å². The molecular formula is C16H29N3O. The summed E-state index contributed by atoms with van der Waals surface area (Å²) in [6, 6.07) is 0.912. The molecule has 1 aliphatic carbocycles. The third kappa shape index (κ3) is 3.53. The Hall–Kier alpha value is -0.610. The molecule has 114 valence electrons. The van der Waals surface area contributed by atoms with E-state index >= 15 is 0 Å². The van der Waals surface area contributed by atoms with Gasteiger partial charge in [-0.3, -0.25) is 4.79 Å². The number of hydrogen-bond donors (Lipinski definition) is 2. The molecule has 0 aromatic carbocycles. The Morgan fingerprint density at radius 1 is 1.10 bits per heavy atom. The number of hydrogen-bond acceptors (Lipinski definition) is 3. The fraction of sp³-hybridized carbons (Fsp3) is 0.938. The Morgan fingerprint density at radius 2 is 1.95 bits per heavy atom. The minimum Gasteiger partial charge on any atom is -0.354 e. The molecule has 0 bridgehead atoms. The molecule has 0 unspecified atom stereocenters. The third-order valence-corrected chi connectivity index (χ3v) is 5.33. The summed E-state index contributed by atoms with van der Waals surface area (Å²) in [7, 11) is 0. The van der Waals surface area contributed by atoms with Gasteiger partial charge in [-0.1, -0.05) is 12.8 Å². The quantitative estimate of drug-likeness (QED) is 0.820. The van der Waals surface area contributed by atoms with Gasteiger partial charge < -0.3 is 15.5 Å². The largest absolute Gasteiger partial charge is 0.354 e. The maximum atomic E-state index is 12.0. The van der Waals surface area contributed by atoms with Crippen LogP contribution in [-0.4, -0.2) is 49.1 Å². The molecule has 2 N–H and O–H groups in total. The number of nitrogens with zero attached hydrogens (tertiary/aromatic N) is 1. The van der Waals surface area contributed by atoms with Gasteiger partial charge in [0.2, 0.25) is 5.91 Å². The summed E-state index contributed by atoms with van der Waals surface area (Å²) in [6.07, 6.45) is 10.3. The molecule has 2 aliphatic heterocycles. The summed E-state index contributed by atoms with van der Waals surface area (Å²) in [5.74, 6) is 0.884. The molecule has 2 atom stereocenters. The van der Waals surface area contributed by atoms with Crippen LogP contribution in [0.4, 0.5) is 0 Å². The first-order valence-corrected chi connectivity index (χ1v) is 8.58. The summed E-state index contributed by atoms with van der Waals surface area (Å²) < 4.78 is 0. The van der Waals surface area contributed by atoms with Crippen LogP contribution in [0.5, 0.6) is 0 Å². The van der Waals surface area contributed by atoms with Crippen molar-refractivity contribution in [2.45, 2.75) is 63.5 Å². The Labute approximate surface area is 122 Å². The summed E-state index contributed by atoms with van der Waals surface area (Å²) in [6.45, 7) is 4.35. The molecule has 0 aromatic rings. The fourth-order valence-electron chi connectivity index (χ4n) is 4.14. The lowest BCUT2D eigenvalue weighted by Gasteiger charge is -2.37. The number of nitrogens with one attached hydrogen (secondary N) is 2. The molecule has 0 radical (unpaired) electrons. The molecule has 20 heavy (non-hydrogen) atoms. The smallest absolute Gasteiger partial charge is 0.237 e. The number of piperidine rings is 1. The van der Waals surface area contributed by atoms with Crippen molar-refractivity contribution >= 4 is 5.91 Å². The lowest BCUT2D eigenvalue weighted by Crippen LogP contribution is -2.47. The third-order valence-electron chi connectivity index (χ3n) is 5.33. The van der Waals surface area contributed by atoms with Crippen molar-refractivity contribution in [1.29, 1.82) is 0 Å². The second kappa shape index (κ2) is 6.90. The monoisotopic (exact) mass is 279 g/mol. The van der Waals surface area contributed by atoms with Crippen LogP contribution in [0.25, 0.3) is 0 Å². The van der Waals surface area contributed by atoms with Gasteiger partial charge in [-0.2, -0.15) is 0 Å². The number of carbonyl (C=O) groups is 1. The van der Waals surface area contributed by atoms with Crippen LogP contribution in [0.1, 0.15) is 51.4 Å². The highest BCUT2D eigenvalue weighted by molar-refractivity contribution is 5.81. The molecule has 2 heterocycles. The highest BCUT2D eigenvalue weighted by Gasteiger charge is 2.28. The topological polar surface area (TPSA) is 44.4 Å². The molecule has 3 fully saturated rings. The van der Waals surface area contributed by atoms with Crippen molar-refractivity contribution in [3.63, 3.8) is 0 Å². The first-order valence-electron chi connectivity index (χ1n) is 8.58. The van der Waals surface area contributed by atoms with Crippen LogP contribution in [0.3, 0.4) is 0 Å². The Bertz CT molecular complexity index is 322. The van der Waals surface area contributed by atoms with Gasteiger partial charge in [0.25, 0.3) is 0 Å². The number of likely N-dealkylation sites (tertiary alicyclic amines) is 1. The van der Waals surface area contributed by atoms with E-state index in [2.05, 4.69) is 15.5 Å². The predicted molar refractivity (Wildman–Crippen MR) is 80.6 cm³/mol. The van der Waals surface area contributed by atoms with Crippen molar-refractivity contribution in [2.75, 3.05) is 26.2 Å². The first kappa shape index (κ1) is 14.3. The van der Waals surface area contributed by atoms with Gasteiger partial charge in [-0.15, -0.1) is 0 Å². The first-order chi connectivity index (χ1) is 9.83. The van der Waals surface area contributed by atoms with Crippen molar-refractivity contribution in [3.05, 3.63) is 0 Å². The minimum atomic E-state index is 0.0736. The van der Waals surface area contributed by atoms with E-state index in [0.717, 1.165) is 32.0 Å². The summed E-state index contributed by atoms with van der Waals surface area (Å²) in [5, 5.41) is 6.45. The van der Waals surface area contributed by atoms with Crippen LogP contribution in [-0.2, 0) is 4.79 Å². The van der Waals surface area contributed by atoms with E-state index in [1.807, 2.05) is 0 Å². The molecule has 3 rings (SSSR count). The zero-order valence-corrected chi connectivity index (χ0v) is 12.6. The molecule has 2 saturated heterocycles. The standard InChI is InChI=1S/C16H29N3O/c20-16(15-8-3-9-17-15)18-11-13-5-4-10-19(12-13)14-6-1-2-7-14/h13-15,17H,1-12H2,(H,18,20)/t13-,15+/m1/s1. The Kier molecular flexibility index (Phi) is 4.94. The SMILES string of the molecule is O=C(NC[C@H]1CCCN(C2CCCC2)C1)[C@@H]1CCCN1. The van der Waals surface area contributed by atoms with Gasteiger partial charge in [0.1, 0.15) is 0 Å². The molecule has 0 aromatic heterocycles. The average molecular weight is 279 g/mol. The predicted octanol–water partition coefficient (Wildman–Crippen LogP) is 1.51. The van der Waals surface area contributed by atoms with E-state index in [1.165, 1.54) is 51.6 Å². The normalized spacial score (nSPS) is 32.6. The summed E-state index contributed by atoms with van der Waals surface area (Å²) in [4.78, 5) is 14.7. The van der Waals surface area contributed by atoms with Gasteiger partial charge in [-0.25, -0.2) is 0 Å². The average Bonchev–Trinajstić information content (AvgIpc) is 3.17. The Morgan fingerprint density at radius 3 is 2.70 bits per heavy atom. The zero-order valence-electron chi connectivity index (χ0n) is 12.6. The fourth-order valence-corrected chi connectivity index (χ4v) is 4.14. The van der Waals surface area contributed by atoms with E-state index in [0.29, 0.717) is 5.92 Å². The van der Waals surface area contributed by atoms with E-state index < -0.39 is 0 Å². The molecule has 0 spiro atoms. The van der Waals surface area contributed by atoms with Crippen LogP contribution in [0.2, 0.25) is 0 Å². The second-order valence-corrected chi connectivity index (χ2v) is 6.84. The number of carbonyl (C=O) groups excluding carboxylic acids is 1. The van der Waals surface area contributed by atoms with Crippen molar-refractivity contribution in [1.82, 2.24) is 15.5 Å². The van der Waals surface area contributed by atoms with E-state index in [1.54, 1.807) is 0 Å². The molecule has 4 nitrogen and oxygen atoms in total. The molecule has 3 aliphatic rings. The van der Waals surface area contributed by atoms with Crippen molar-refractivity contribution in [3.8, 4) is 0 Å². The van der Waals surface area contributed by atoms with Gasteiger partial charge in [0, 0.05) is 19.1 Å². The van der Waals surface area contributed by atoms with Gasteiger partial charge in [0.05, 0.1) is 6.04 Å². The van der Waals surface area contributed by atoms with Crippen LogP contribution < -0.4 is 10.6 Å². The molecule has 1 amide bonds. The maximum Gasteiger partial charge on any atom is 0.237 e. The summed E-state index contributed by atoms with van der Waals surface area (Å²) >= 11 is 0. The van der Waals surface area contributed by atoms with Crippen LogP contribution in [0.15, 0.2) is 0 Å². The highest BCUT2D eigenvalue weighted by atomic mass is 16.2. The number of rotatable bonds is 4. The van der Waals surface area contributed by atoms with Crippen LogP contribution in [0, 0.1) is 5.92 Å². The molecule has 1 saturated carbocycles. The Balaban J connectivity index is 1.41. The van der Waals surface area contributed by atoms with Gasteiger partial charge in [0.15, 0.2) is 0 Å².